The van der Waals surface area contributed by atoms with E-state index in [1.165, 1.54) is 24.3 Å². The first-order valence-corrected chi connectivity index (χ1v) is 9.96. The minimum absolute atomic E-state index is 0.0396. The van der Waals surface area contributed by atoms with E-state index in [2.05, 4.69) is 5.32 Å². The molecular weight excluding hydrogens is 464 g/mol. The van der Waals surface area contributed by atoms with Gasteiger partial charge in [-0.15, -0.1) is 0 Å². The maximum Gasteiger partial charge on any atom is 0.318 e. The van der Waals surface area contributed by atoms with Crippen molar-refractivity contribution in [3.63, 3.8) is 0 Å². The van der Waals surface area contributed by atoms with E-state index >= 15 is 0 Å². The van der Waals surface area contributed by atoms with Crippen LogP contribution < -0.4 is 10.1 Å². The summed E-state index contributed by atoms with van der Waals surface area (Å²) in [5.74, 6) is -0.805. The summed E-state index contributed by atoms with van der Waals surface area (Å²) in [5.41, 5.74) is 0.657. The first kappa shape index (κ1) is 23.9. The highest BCUT2D eigenvalue weighted by molar-refractivity contribution is 6.32. The third-order valence-electron chi connectivity index (χ3n) is 4.48. The second-order valence-electron chi connectivity index (χ2n) is 6.95. The predicted molar refractivity (Wildman–Crippen MR) is 125 cm³/mol. The molecule has 0 aliphatic heterocycles. The average Bonchev–Trinajstić information content (AvgIpc) is 2.79. The number of hydrogen-bond donors (Lipinski definition) is 1. The van der Waals surface area contributed by atoms with Gasteiger partial charge in [0.1, 0.15) is 17.4 Å². The SMILES string of the molecule is Cc1cccc(NC(=O)/C(C#N)=C/c2ccc(Oc3ccc([N+](=O)[O-])cc3[N+](=O)[O-])c(Cl)c2)c1. The number of anilines is 1. The molecule has 0 bridgehead atoms. The monoisotopic (exact) mass is 478 g/mol. The smallest absolute Gasteiger partial charge is 0.318 e. The molecule has 3 rings (SSSR count). The van der Waals surface area contributed by atoms with Crippen molar-refractivity contribution in [1.82, 2.24) is 0 Å². The Hall–Kier alpha value is -4.75. The summed E-state index contributed by atoms with van der Waals surface area (Å²) in [5, 5.41) is 34.3. The zero-order valence-electron chi connectivity index (χ0n) is 17.5. The van der Waals surface area contributed by atoms with Crippen LogP contribution in [0.3, 0.4) is 0 Å². The molecule has 3 aromatic carbocycles. The fourth-order valence-corrected chi connectivity index (χ4v) is 3.12. The molecule has 0 atom stereocenters. The Morgan fingerprint density at radius 2 is 1.79 bits per heavy atom. The summed E-state index contributed by atoms with van der Waals surface area (Å²) >= 11 is 6.23. The number of carbonyl (C=O) groups excluding carboxylic acids is 1. The van der Waals surface area contributed by atoms with Crippen molar-refractivity contribution in [3.05, 3.63) is 103 Å². The van der Waals surface area contributed by atoms with E-state index in [0.29, 0.717) is 11.3 Å². The Balaban J connectivity index is 1.84. The highest BCUT2D eigenvalue weighted by atomic mass is 35.5. The summed E-state index contributed by atoms with van der Waals surface area (Å²) in [7, 11) is 0. The van der Waals surface area contributed by atoms with E-state index in [1.54, 1.807) is 18.2 Å². The van der Waals surface area contributed by atoms with Crippen molar-refractivity contribution in [2.45, 2.75) is 6.92 Å². The molecule has 0 aliphatic rings. The highest BCUT2D eigenvalue weighted by Gasteiger charge is 2.22. The molecule has 1 N–H and O–H groups in total. The lowest BCUT2D eigenvalue weighted by atomic mass is 10.1. The molecule has 0 saturated heterocycles. The normalized spacial score (nSPS) is 10.8. The number of nitrogens with zero attached hydrogens (tertiary/aromatic N) is 3. The van der Waals surface area contributed by atoms with E-state index in [-0.39, 0.29) is 22.1 Å². The zero-order valence-corrected chi connectivity index (χ0v) is 18.3. The van der Waals surface area contributed by atoms with Crippen molar-refractivity contribution >= 4 is 40.6 Å². The van der Waals surface area contributed by atoms with Gasteiger partial charge in [-0.2, -0.15) is 5.26 Å². The van der Waals surface area contributed by atoms with Gasteiger partial charge in [-0.3, -0.25) is 25.0 Å². The molecule has 0 aliphatic carbocycles. The zero-order chi connectivity index (χ0) is 24.8. The van der Waals surface area contributed by atoms with Gasteiger partial charge in [0.15, 0.2) is 0 Å². The van der Waals surface area contributed by atoms with Crippen molar-refractivity contribution in [3.8, 4) is 17.6 Å². The van der Waals surface area contributed by atoms with E-state index in [1.807, 2.05) is 19.1 Å². The maximum atomic E-state index is 12.5. The van der Waals surface area contributed by atoms with Crippen LogP contribution in [0.4, 0.5) is 17.1 Å². The minimum Gasteiger partial charge on any atom is -0.449 e. The number of aryl methyl sites for hydroxylation is 1. The number of halogens is 1. The van der Waals surface area contributed by atoms with Gasteiger partial charge in [0.2, 0.25) is 5.75 Å². The average molecular weight is 479 g/mol. The standard InChI is InChI=1S/C23H15ClN4O6/c1-14-3-2-4-17(9-14)26-23(29)16(13-25)10-15-5-7-21(19(24)11-15)34-22-8-6-18(27(30)31)12-20(22)28(32)33/h2-12H,1H3,(H,26,29)/b16-10+. The van der Waals surface area contributed by atoms with Gasteiger partial charge in [0.05, 0.1) is 20.9 Å². The van der Waals surface area contributed by atoms with Gasteiger partial charge >= 0.3 is 5.69 Å². The van der Waals surface area contributed by atoms with E-state index in [4.69, 9.17) is 16.3 Å². The lowest BCUT2D eigenvalue weighted by Crippen LogP contribution is -2.13. The number of rotatable bonds is 7. The molecule has 0 unspecified atom stereocenters. The van der Waals surface area contributed by atoms with Crippen LogP contribution in [0.2, 0.25) is 5.02 Å². The molecule has 0 radical (unpaired) electrons. The van der Waals surface area contributed by atoms with Crippen LogP contribution in [0.5, 0.6) is 11.5 Å². The quantitative estimate of drug-likeness (QED) is 0.195. The lowest BCUT2D eigenvalue weighted by molar-refractivity contribution is -0.394. The molecule has 0 heterocycles. The van der Waals surface area contributed by atoms with Crippen LogP contribution in [-0.2, 0) is 4.79 Å². The molecule has 11 heteroatoms. The van der Waals surface area contributed by atoms with Crippen LogP contribution in [0.1, 0.15) is 11.1 Å². The number of nitriles is 1. The number of nitrogens with one attached hydrogen (secondary N) is 1. The number of nitro benzene ring substituents is 2. The maximum absolute atomic E-state index is 12.5. The first-order chi connectivity index (χ1) is 16.2. The molecule has 3 aromatic rings. The molecule has 1 amide bonds. The van der Waals surface area contributed by atoms with Gasteiger partial charge in [-0.05, 0) is 54.5 Å². The topological polar surface area (TPSA) is 148 Å². The third kappa shape index (κ3) is 5.73. The fraction of sp³-hybridized carbons (Fsp3) is 0.0435. The highest BCUT2D eigenvalue weighted by Crippen LogP contribution is 2.37. The van der Waals surface area contributed by atoms with Crippen LogP contribution >= 0.6 is 11.6 Å². The second-order valence-corrected chi connectivity index (χ2v) is 7.36. The predicted octanol–water partition coefficient (Wildman–Crippen LogP) is 5.80. The Morgan fingerprint density at radius 3 is 2.41 bits per heavy atom. The molecule has 10 nitrogen and oxygen atoms in total. The number of ether oxygens (including phenoxy) is 1. The van der Waals surface area contributed by atoms with Crippen LogP contribution in [-0.4, -0.2) is 15.8 Å². The Morgan fingerprint density at radius 1 is 1.06 bits per heavy atom. The van der Waals surface area contributed by atoms with Gasteiger partial charge in [-0.1, -0.05) is 29.8 Å². The summed E-state index contributed by atoms with van der Waals surface area (Å²) in [6.45, 7) is 1.87. The molecule has 34 heavy (non-hydrogen) atoms. The fourth-order valence-electron chi connectivity index (χ4n) is 2.89. The summed E-state index contributed by atoms with van der Waals surface area (Å²) in [6, 6.07) is 16.2. The first-order valence-electron chi connectivity index (χ1n) is 9.58. The van der Waals surface area contributed by atoms with Crippen molar-refractivity contribution in [1.29, 1.82) is 5.26 Å². The molecular formula is C23H15ClN4O6. The van der Waals surface area contributed by atoms with Crippen LogP contribution in [0, 0.1) is 38.5 Å². The van der Waals surface area contributed by atoms with Gasteiger partial charge in [-0.25, -0.2) is 0 Å². The van der Waals surface area contributed by atoms with E-state index < -0.39 is 27.1 Å². The summed E-state index contributed by atoms with van der Waals surface area (Å²) in [4.78, 5) is 33.1. The van der Waals surface area contributed by atoms with Crippen molar-refractivity contribution < 1.29 is 19.4 Å². The van der Waals surface area contributed by atoms with E-state index in [9.17, 15) is 30.3 Å². The summed E-state index contributed by atoms with van der Waals surface area (Å²) in [6.07, 6.45) is 1.33. The van der Waals surface area contributed by atoms with Crippen LogP contribution in [0.15, 0.2) is 66.2 Å². The number of carbonyl (C=O) groups is 1. The molecule has 0 saturated carbocycles. The van der Waals surface area contributed by atoms with Crippen molar-refractivity contribution in [2.24, 2.45) is 0 Å². The Labute approximate surface area is 198 Å². The second kappa shape index (κ2) is 10.2. The molecule has 0 aromatic heterocycles. The van der Waals surface area contributed by atoms with Crippen molar-refractivity contribution in [2.75, 3.05) is 5.32 Å². The summed E-state index contributed by atoms with van der Waals surface area (Å²) < 4.78 is 5.50. The Bertz CT molecular complexity index is 1380. The lowest BCUT2D eigenvalue weighted by Gasteiger charge is -2.09. The third-order valence-corrected chi connectivity index (χ3v) is 4.77. The van der Waals surface area contributed by atoms with Gasteiger partial charge < -0.3 is 10.1 Å². The number of amides is 1. The molecule has 0 fully saturated rings. The van der Waals surface area contributed by atoms with Gasteiger partial charge in [0, 0.05) is 11.8 Å². The Kier molecular flexibility index (Phi) is 7.20. The van der Waals surface area contributed by atoms with Crippen LogP contribution in [0.25, 0.3) is 6.08 Å². The number of benzene rings is 3. The molecule has 0 spiro atoms. The largest absolute Gasteiger partial charge is 0.449 e. The minimum atomic E-state index is -0.806. The van der Waals surface area contributed by atoms with Gasteiger partial charge in [0.25, 0.3) is 11.6 Å². The number of nitro groups is 2. The number of hydrogen-bond acceptors (Lipinski definition) is 7. The van der Waals surface area contributed by atoms with E-state index in [0.717, 1.165) is 23.8 Å². The molecule has 170 valence electrons. The number of non-ortho nitro benzene ring substituents is 1.